The fourth-order valence-corrected chi connectivity index (χ4v) is 3.74. The third-order valence-electron chi connectivity index (χ3n) is 4.95. The number of ether oxygens (including phenoxy) is 2. The highest BCUT2D eigenvalue weighted by molar-refractivity contribution is 5.65. The predicted molar refractivity (Wildman–Crippen MR) is 108 cm³/mol. The molecule has 0 amide bonds. The molecule has 3 rings (SSSR count). The van der Waals surface area contributed by atoms with Crippen LogP contribution in [0.2, 0.25) is 0 Å². The highest BCUT2D eigenvalue weighted by Crippen LogP contribution is 2.40. The van der Waals surface area contributed by atoms with Gasteiger partial charge in [-0.15, -0.1) is 0 Å². The molecule has 1 saturated heterocycles. The first kappa shape index (κ1) is 19.2. The minimum absolute atomic E-state index is 0.0528. The summed E-state index contributed by atoms with van der Waals surface area (Å²) in [7, 11) is 3.99. The lowest BCUT2D eigenvalue weighted by Crippen LogP contribution is -2.45. The Bertz CT molecular complexity index is 763. The fourth-order valence-electron chi connectivity index (χ4n) is 3.74. The van der Waals surface area contributed by atoms with Gasteiger partial charge < -0.3 is 19.7 Å². The first-order valence-electron chi connectivity index (χ1n) is 9.36. The smallest absolute Gasteiger partial charge is 0.157 e. The molecular formula is C22H28N2O3. The van der Waals surface area contributed by atoms with E-state index in [-0.39, 0.29) is 18.2 Å². The molecule has 0 radical (unpaired) electrons. The summed E-state index contributed by atoms with van der Waals surface area (Å²) >= 11 is 0. The number of anilines is 1. The molecule has 0 saturated carbocycles. The van der Waals surface area contributed by atoms with Gasteiger partial charge in [-0.1, -0.05) is 30.3 Å². The monoisotopic (exact) mass is 368 g/mol. The van der Waals surface area contributed by atoms with Gasteiger partial charge >= 0.3 is 0 Å². The summed E-state index contributed by atoms with van der Waals surface area (Å²) in [6, 6.07) is 16.1. The second kappa shape index (κ2) is 8.44. The number of hydrogen-bond donors (Lipinski definition) is 1. The van der Waals surface area contributed by atoms with Crippen LogP contribution in [-0.2, 0) is 4.79 Å². The average molecular weight is 368 g/mol. The second-order valence-electron chi connectivity index (χ2n) is 7.39. The van der Waals surface area contributed by atoms with Crippen molar-refractivity contribution in [3.05, 3.63) is 54.1 Å². The highest BCUT2D eigenvalue weighted by Gasteiger charge is 2.36. The standard InChI is InChI=1S/C22H28N2O3/c1-22(27-17-8-5-4-6-9-17)12-13-23-19(16-22)18-10-7-11-20(26-15-14-25)21(18)24(2)3/h4-11,14,19,23H,12-13,15-16H2,1-3H3. The molecule has 0 spiro atoms. The maximum absolute atomic E-state index is 10.7. The number of aldehydes is 1. The van der Waals surface area contributed by atoms with Crippen LogP contribution in [0, 0.1) is 0 Å². The van der Waals surface area contributed by atoms with Crippen LogP contribution >= 0.6 is 0 Å². The lowest BCUT2D eigenvalue weighted by atomic mass is 9.85. The predicted octanol–water partition coefficient (Wildman–Crippen LogP) is 3.59. The number of para-hydroxylation sites is 2. The molecule has 2 atom stereocenters. The van der Waals surface area contributed by atoms with Crippen LogP contribution in [-0.4, -0.2) is 39.1 Å². The van der Waals surface area contributed by atoms with Gasteiger partial charge in [0.05, 0.1) is 5.69 Å². The molecule has 1 aliphatic heterocycles. The van der Waals surface area contributed by atoms with Gasteiger partial charge in [0.15, 0.2) is 6.29 Å². The summed E-state index contributed by atoms with van der Waals surface area (Å²) in [6.45, 7) is 3.10. The maximum Gasteiger partial charge on any atom is 0.157 e. The molecule has 1 fully saturated rings. The van der Waals surface area contributed by atoms with Gasteiger partial charge in [-0.05, 0) is 43.7 Å². The normalized spacial score (nSPS) is 22.1. The van der Waals surface area contributed by atoms with E-state index < -0.39 is 0 Å². The van der Waals surface area contributed by atoms with Crippen LogP contribution in [0.1, 0.15) is 31.4 Å². The fraction of sp³-hybridized carbons (Fsp3) is 0.409. The molecule has 0 bridgehead atoms. The molecule has 5 nitrogen and oxygen atoms in total. The second-order valence-corrected chi connectivity index (χ2v) is 7.39. The lowest BCUT2D eigenvalue weighted by Gasteiger charge is -2.40. The largest absolute Gasteiger partial charge is 0.487 e. The van der Waals surface area contributed by atoms with Crippen molar-refractivity contribution in [1.82, 2.24) is 5.32 Å². The number of hydrogen-bond acceptors (Lipinski definition) is 5. The number of nitrogens with zero attached hydrogens (tertiary/aromatic N) is 1. The van der Waals surface area contributed by atoms with Crippen molar-refractivity contribution in [2.45, 2.75) is 31.4 Å². The molecule has 0 aromatic heterocycles. The van der Waals surface area contributed by atoms with E-state index in [2.05, 4.69) is 18.3 Å². The summed E-state index contributed by atoms with van der Waals surface area (Å²) in [5, 5.41) is 3.62. The van der Waals surface area contributed by atoms with Crippen LogP contribution in [0.4, 0.5) is 5.69 Å². The molecule has 2 aromatic rings. The van der Waals surface area contributed by atoms with Crippen molar-refractivity contribution in [2.75, 3.05) is 32.1 Å². The minimum Gasteiger partial charge on any atom is -0.487 e. The Kier molecular flexibility index (Phi) is 6.01. The van der Waals surface area contributed by atoms with E-state index in [9.17, 15) is 4.79 Å². The molecule has 1 N–H and O–H groups in total. The van der Waals surface area contributed by atoms with Gasteiger partial charge in [0, 0.05) is 26.6 Å². The number of nitrogens with one attached hydrogen (secondary N) is 1. The van der Waals surface area contributed by atoms with E-state index in [1.54, 1.807) is 0 Å². The van der Waals surface area contributed by atoms with E-state index in [1.165, 1.54) is 0 Å². The SMILES string of the molecule is CN(C)c1c(OCC=O)cccc1C1CC(C)(Oc2ccccc2)CCN1. The van der Waals surface area contributed by atoms with Crippen molar-refractivity contribution in [3.8, 4) is 11.5 Å². The van der Waals surface area contributed by atoms with Gasteiger partial charge in [-0.2, -0.15) is 0 Å². The summed E-state index contributed by atoms with van der Waals surface area (Å²) in [4.78, 5) is 12.8. The molecule has 5 heteroatoms. The number of rotatable bonds is 7. The summed E-state index contributed by atoms with van der Waals surface area (Å²) in [5.41, 5.74) is 1.91. The molecule has 1 heterocycles. The van der Waals surface area contributed by atoms with Gasteiger partial charge in [0.2, 0.25) is 0 Å². The number of benzene rings is 2. The van der Waals surface area contributed by atoms with Crippen LogP contribution in [0.3, 0.4) is 0 Å². The van der Waals surface area contributed by atoms with E-state index in [4.69, 9.17) is 9.47 Å². The molecule has 2 aromatic carbocycles. The van der Waals surface area contributed by atoms with Crippen molar-refractivity contribution >= 4 is 12.0 Å². The Morgan fingerprint density at radius 2 is 1.96 bits per heavy atom. The highest BCUT2D eigenvalue weighted by atomic mass is 16.5. The van der Waals surface area contributed by atoms with Gasteiger partial charge in [0.25, 0.3) is 0 Å². The van der Waals surface area contributed by atoms with Crippen LogP contribution < -0.4 is 19.7 Å². The third-order valence-corrected chi connectivity index (χ3v) is 4.95. The number of carbonyl (C=O) groups excluding carboxylic acids is 1. The minimum atomic E-state index is -0.249. The molecule has 0 aliphatic carbocycles. The molecular weight excluding hydrogens is 340 g/mol. The van der Waals surface area contributed by atoms with E-state index >= 15 is 0 Å². The Hall–Kier alpha value is -2.53. The third kappa shape index (κ3) is 4.61. The average Bonchev–Trinajstić information content (AvgIpc) is 2.66. The zero-order valence-electron chi connectivity index (χ0n) is 16.3. The molecule has 27 heavy (non-hydrogen) atoms. The number of piperidine rings is 1. The van der Waals surface area contributed by atoms with E-state index in [0.717, 1.165) is 48.4 Å². The number of carbonyl (C=O) groups is 1. The first-order chi connectivity index (χ1) is 13.0. The van der Waals surface area contributed by atoms with Crippen molar-refractivity contribution in [2.24, 2.45) is 0 Å². The maximum atomic E-state index is 10.7. The van der Waals surface area contributed by atoms with Gasteiger partial charge in [-0.3, -0.25) is 4.79 Å². The molecule has 2 unspecified atom stereocenters. The summed E-state index contributed by atoms with van der Waals surface area (Å²) < 4.78 is 12.0. The van der Waals surface area contributed by atoms with Crippen LogP contribution in [0.25, 0.3) is 0 Å². The zero-order chi connectivity index (χ0) is 19.3. The topological polar surface area (TPSA) is 50.8 Å². The Morgan fingerprint density at radius 1 is 1.19 bits per heavy atom. The Balaban J connectivity index is 1.86. The summed E-state index contributed by atoms with van der Waals surface area (Å²) in [6.07, 6.45) is 2.56. The van der Waals surface area contributed by atoms with E-state index in [1.807, 2.05) is 61.5 Å². The van der Waals surface area contributed by atoms with Crippen LogP contribution in [0.15, 0.2) is 48.5 Å². The molecule has 144 valence electrons. The van der Waals surface area contributed by atoms with Gasteiger partial charge in [0.1, 0.15) is 23.7 Å². The van der Waals surface area contributed by atoms with Gasteiger partial charge in [-0.25, -0.2) is 0 Å². The van der Waals surface area contributed by atoms with Crippen molar-refractivity contribution < 1.29 is 14.3 Å². The first-order valence-corrected chi connectivity index (χ1v) is 9.36. The van der Waals surface area contributed by atoms with Crippen molar-refractivity contribution in [3.63, 3.8) is 0 Å². The summed E-state index contributed by atoms with van der Waals surface area (Å²) in [5.74, 6) is 1.62. The van der Waals surface area contributed by atoms with Crippen molar-refractivity contribution in [1.29, 1.82) is 0 Å². The Morgan fingerprint density at radius 3 is 2.67 bits per heavy atom. The lowest BCUT2D eigenvalue weighted by molar-refractivity contribution is -0.109. The Labute approximate surface area is 161 Å². The van der Waals surface area contributed by atoms with E-state index in [0.29, 0.717) is 0 Å². The molecule has 1 aliphatic rings. The van der Waals surface area contributed by atoms with Crippen LogP contribution in [0.5, 0.6) is 11.5 Å². The quantitative estimate of drug-likeness (QED) is 0.757. The zero-order valence-corrected chi connectivity index (χ0v) is 16.3.